The molecular weight excluding hydrogens is 216 g/mol. The molecule has 0 saturated heterocycles. The van der Waals surface area contributed by atoms with Crippen molar-refractivity contribution in [2.24, 2.45) is 0 Å². The van der Waals surface area contributed by atoms with Crippen molar-refractivity contribution in [1.82, 2.24) is 0 Å². The highest BCUT2D eigenvalue weighted by molar-refractivity contribution is 8.00. The average Bonchev–Trinajstić information content (AvgIpc) is 2.28. The molecular formula is C14H20OS. The number of hydrogen-bond acceptors (Lipinski definition) is 2. The lowest BCUT2D eigenvalue weighted by Crippen LogP contribution is -2.01. The zero-order valence-corrected chi connectivity index (χ0v) is 11.0. The van der Waals surface area contributed by atoms with Crippen LogP contribution in [0.15, 0.2) is 29.2 Å². The first-order chi connectivity index (χ1) is 7.74. The number of carbonyl (C=O) groups is 1. The summed E-state index contributed by atoms with van der Waals surface area (Å²) in [5, 5.41) is 0. The highest BCUT2D eigenvalue weighted by Gasteiger charge is 2.04. The summed E-state index contributed by atoms with van der Waals surface area (Å²) >= 11 is 1.66. The lowest BCUT2D eigenvalue weighted by Gasteiger charge is -2.04. The number of ketones is 1. The molecule has 1 aromatic rings. The van der Waals surface area contributed by atoms with Crippen molar-refractivity contribution in [3.8, 4) is 0 Å². The maximum atomic E-state index is 11.6. The van der Waals surface area contributed by atoms with Crippen LogP contribution in [0.5, 0.6) is 0 Å². The van der Waals surface area contributed by atoms with Crippen molar-refractivity contribution < 1.29 is 4.79 Å². The van der Waals surface area contributed by atoms with Crippen LogP contribution >= 0.6 is 11.8 Å². The number of carbonyl (C=O) groups excluding carboxylic acids is 1. The van der Waals surface area contributed by atoms with Crippen molar-refractivity contribution in [3.05, 3.63) is 29.8 Å². The van der Waals surface area contributed by atoms with Gasteiger partial charge in [0.15, 0.2) is 0 Å². The Hall–Kier alpha value is -0.760. The van der Waals surface area contributed by atoms with Crippen LogP contribution < -0.4 is 0 Å². The van der Waals surface area contributed by atoms with E-state index in [2.05, 4.69) is 26.0 Å². The minimum absolute atomic E-state index is 0.377. The Morgan fingerprint density at radius 2 is 2.00 bits per heavy atom. The zero-order valence-electron chi connectivity index (χ0n) is 10.2. The van der Waals surface area contributed by atoms with Crippen molar-refractivity contribution in [1.29, 1.82) is 0 Å². The highest BCUT2D eigenvalue weighted by Crippen LogP contribution is 2.22. The van der Waals surface area contributed by atoms with Gasteiger partial charge in [-0.05, 0) is 25.0 Å². The standard InChI is InChI=1S/C14H20OS/c1-3-4-5-9-13(15)11-16-14-10-7-6-8-12(14)2/h6-8,10H,3-5,9,11H2,1-2H3. The van der Waals surface area contributed by atoms with Crippen LogP contribution in [0.1, 0.15) is 38.2 Å². The second-order valence-corrected chi connectivity index (χ2v) is 5.07. The molecule has 0 saturated carbocycles. The quantitative estimate of drug-likeness (QED) is 0.520. The van der Waals surface area contributed by atoms with E-state index in [4.69, 9.17) is 0 Å². The van der Waals surface area contributed by atoms with Gasteiger partial charge in [0.2, 0.25) is 0 Å². The molecule has 0 aromatic heterocycles. The monoisotopic (exact) mass is 236 g/mol. The number of aryl methyl sites for hydroxylation is 1. The Morgan fingerprint density at radius 1 is 1.25 bits per heavy atom. The molecule has 0 spiro atoms. The summed E-state index contributed by atoms with van der Waals surface area (Å²) in [6, 6.07) is 8.22. The Balaban J connectivity index is 2.29. The summed E-state index contributed by atoms with van der Waals surface area (Å²) in [6.07, 6.45) is 4.13. The minimum Gasteiger partial charge on any atom is -0.299 e. The number of thioether (sulfide) groups is 1. The van der Waals surface area contributed by atoms with E-state index in [9.17, 15) is 4.79 Å². The third kappa shape index (κ3) is 4.84. The van der Waals surface area contributed by atoms with Crippen LogP contribution in [0.3, 0.4) is 0 Å². The fourth-order valence-electron chi connectivity index (χ4n) is 1.52. The van der Waals surface area contributed by atoms with Gasteiger partial charge in [0.05, 0.1) is 5.75 Å². The van der Waals surface area contributed by atoms with Gasteiger partial charge in [0.1, 0.15) is 5.78 Å². The Labute approximate surface area is 103 Å². The minimum atomic E-state index is 0.377. The number of Topliss-reactive ketones (excluding diaryl/α,β-unsaturated/α-hetero) is 1. The van der Waals surface area contributed by atoms with Crippen LogP contribution in [0.25, 0.3) is 0 Å². The van der Waals surface area contributed by atoms with Gasteiger partial charge in [-0.3, -0.25) is 4.79 Å². The second-order valence-electron chi connectivity index (χ2n) is 4.05. The third-order valence-corrected chi connectivity index (χ3v) is 3.78. The summed E-state index contributed by atoms with van der Waals surface area (Å²) in [5.74, 6) is 0.996. The zero-order chi connectivity index (χ0) is 11.8. The highest BCUT2D eigenvalue weighted by atomic mass is 32.2. The van der Waals surface area contributed by atoms with Crippen LogP contribution in [0, 0.1) is 6.92 Å². The van der Waals surface area contributed by atoms with Gasteiger partial charge in [-0.1, -0.05) is 38.0 Å². The van der Waals surface area contributed by atoms with Gasteiger partial charge in [-0.25, -0.2) is 0 Å². The van der Waals surface area contributed by atoms with E-state index in [0.29, 0.717) is 11.5 Å². The lowest BCUT2D eigenvalue weighted by molar-refractivity contribution is -0.116. The largest absolute Gasteiger partial charge is 0.299 e. The first-order valence-electron chi connectivity index (χ1n) is 5.94. The molecule has 16 heavy (non-hydrogen) atoms. The summed E-state index contributed by atoms with van der Waals surface area (Å²) in [4.78, 5) is 12.8. The molecule has 0 aliphatic heterocycles. The molecule has 0 atom stereocenters. The van der Waals surface area contributed by atoms with E-state index in [1.165, 1.54) is 23.3 Å². The van der Waals surface area contributed by atoms with Crippen LogP contribution in [0.2, 0.25) is 0 Å². The van der Waals surface area contributed by atoms with Crippen LogP contribution in [-0.4, -0.2) is 11.5 Å². The SMILES string of the molecule is CCCCCC(=O)CSc1ccccc1C. The van der Waals surface area contributed by atoms with E-state index in [0.717, 1.165) is 12.8 Å². The Morgan fingerprint density at radius 3 is 2.69 bits per heavy atom. The van der Waals surface area contributed by atoms with Crippen molar-refractivity contribution >= 4 is 17.5 Å². The molecule has 0 unspecified atom stereocenters. The fraction of sp³-hybridized carbons (Fsp3) is 0.500. The van der Waals surface area contributed by atoms with Crippen molar-refractivity contribution in [3.63, 3.8) is 0 Å². The molecule has 88 valence electrons. The van der Waals surface area contributed by atoms with Crippen molar-refractivity contribution in [2.45, 2.75) is 44.4 Å². The molecule has 1 aromatic carbocycles. The number of unbranched alkanes of at least 4 members (excludes halogenated alkanes) is 2. The van der Waals surface area contributed by atoms with Gasteiger partial charge in [-0.2, -0.15) is 0 Å². The van der Waals surface area contributed by atoms with E-state index in [1.54, 1.807) is 11.8 Å². The van der Waals surface area contributed by atoms with E-state index in [1.807, 2.05) is 12.1 Å². The van der Waals surface area contributed by atoms with Gasteiger partial charge in [-0.15, -0.1) is 11.8 Å². The first kappa shape index (κ1) is 13.3. The average molecular weight is 236 g/mol. The number of benzene rings is 1. The normalized spacial score (nSPS) is 10.4. The maximum absolute atomic E-state index is 11.6. The van der Waals surface area contributed by atoms with E-state index < -0.39 is 0 Å². The molecule has 0 radical (unpaired) electrons. The third-order valence-electron chi connectivity index (χ3n) is 2.54. The predicted molar refractivity (Wildman–Crippen MR) is 71.1 cm³/mol. The number of hydrogen-bond donors (Lipinski definition) is 0. The van der Waals surface area contributed by atoms with Gasteiger partial charge in [0.25, 0.3) is 0 Å². The van der Waals surface area contributed by atoms with Gasteiger partial charge < -0.3 is 0 Å². The van der Waals surface area contributed by atoms with Crippen LogP contribution in [-0.2, 0) is 4.79 Å². The summed E-state index contributed by atoms with van der Waals surface area (Å²) in [7, 11) is 0. The first-order valence-corrected chi connectivity index (χ1v) is 6.92. The number of rotatable bonds is 7. The van der Waals surface area contributed by atoms with Crippen molar-refractivity contribution in [2.75, 3.05) is 5.75 Å². The molecule has 0 N–H and O–H groups in total. The molecule has 0 heterocycles. The lowest BCUT2D eigenvalue weighted by atomic mass is 10.2. The van der Waals surface area contributed by atoms with Gasteiger partial charge in [0, 0.05) is 11.3 Å². The molecule has 0 bridgehead atoms. The fourth-order valence-corrected chi connectivity index (χ4v) is 2.45. The second kappa shape index (κ2) is 7.50. The molecule has 1 rings (SSSR count). The predicted octanol–water partition coefficient (Wildman–Crippen LogP) is 4.24. The summed E-state index contributed by atoms with van der Waals surface area (Å²) in [6.45, 7) is 4.25. The molecule has 0 aliphatic carbocycles. The maximum Gasteiger partial charge on any atom is 0.143 e. The topological polar surface area (TPSA) is 17.1 Å². The molecule has 0 fully saturated rings. The molecule has 2 heteroatoms. The summed E-state index contributed by atoms with van der Waals surface area (Å²) in [5.41, 5.74) is 1.26. The molecule has 0 aliphatic rings. The Bertz CT molecular complexity index is 333. The van der Waals surface area contributed by atoms with Gasteiger partial charge >= 0.3 is 0 Å². The van der Waals surface area contributed by atoms with Crippen LogP contribution in [0.4, 0.5) is 0 Å². The smallest absolute Gasteiger partial charge is 0.143 e. The molecule has 0 amide bonds. The van der Waals surface area contributed by atoms with E-state index in [-0.39, 0.29) is 0 Å². The van der Waals surface area contributed by atoms with E-state index >= 15 is 0 Å². The molecule has 1 nitrogen and oxygen atoms in total. The Kier molecular flexibility index (Phi) is 6.24. The summed E-state index contributed by atoms with van der Waals surface area (Å²) < 4.78 is 0.